The summed E-state index contributed by atoms with van der Waals surface area (Å²) in [7, 11) is 2.25. The fourth-order valence-corrected chi connectivity index (χ4v) is 8.70. The van der Waals surface area contributed by atoms with Gasteiger partial charge in [-0.2, -0.15) is 0 Å². The Kier molecular flexibility index (Phi) is 14.7. The molecule has 2 fully saturated rings. The number of aldehydes is 1. The van der Waals surface area contributed by atoms with Crippen molar-refractivity contribution in [3.8, 4) is 33.3 Å². The van der Waals surface area contributed by atoms with E-state index in [1.165, 1.54) is 41.6 Å². The molecular weight excluding hydrogens is 791 g/mol. The largest absolute Gasteiger partial charge is 0.507 e. The number of phenols is 1. The van der Waals surface area contributed by atoms with Crippen molar-refractivity contribution in [3.05, 3.63) is 95.0 Å². The molecule has 2 saturated heterocycles. The Hall–Kier alpha value is -5.58. The zero-order valence-electron chi connectivity index (χ0n) is 34.4. The minimum absolute atomic E-state index is 0.0190. The van der Waals surface area contributed by atoms with Crippen LogP contribution in [-0.4, -0.2) is 98.4 Å². The number of phenolic OH excluding ortho intramolecular Hbond substituents is 1. The van der Waals surface area contributed by atoms with E-state index in [1.807, 2.05) is 23.9 Å². The van der Waals surface area contributed by atoms with E-state index in [2.05, 4.69) is 81.0 Å². The smallest absolute Gasteiger partial charge is 0.267 e. The van der Waals surface area contributed by atoms with E-state index in [-0.39, 0.29) is 41.1 Å². The first-order valence-corrected chi connectivity index (χ1v) is 20.9. The van der Waals surface area contributed by atoms with Crippen LogP contribution in [0.25, 0.3) is 32.7 Å². The molecule has 13 nitrogen and oxygen atoms in total. The predicted octanol–water partition coefficient (Wildman–Crippen LogP) is 8.02. The average molecular weight is 843 g/mol. The highest BCUT2D eigenvalue weighted by molar-refractivity contribution is 7.13. The summed E-state index contributed by atoms with van der Waals surface area (Å²) in [5.41, 5.74) is 11.4. The van der Waals surface area contributed by atoms with Crippen LogP contribution in [0.4, 0.5) is 8.78 Å². The Morgan fingerprint density at radius 3 is 2.42 bits per heavy atom. The quantitative estimate of drug-likeness (QED) is 0.108. The summed E-state index contributed by atoms with van der Waals surface area (Å²) in [6, 6.07) is 19.8. The molecule has 2 aromatic carbocycles. The van der Waals surface area contributed by atoms with Crippen LogP contribution in [0.15, 0.2) is 76.9 Å². The van der Waals surface area contributed by atoms with Gasteiger partial charge in [0, 0.05) is 43.5 Å². The molecule has 1 amide bonds. The summed E-state index contributed by atoms with van der Waals surface area (Å²) >= 11 is 1.72. The van der Waals surface area contributed by atoms with Crippen molar-refractivity contribution < 1.29 is 32.7 Å². The third-order valence-corrected chi connectivity index (χ3v) is 12.3. The number of carbonyl (C=O) groups is 2. The number of amides is 1. The molecule has 4 aromatic heterocycles. The number of carbonyl (C=O) groups excluding carboxylic acids is 2. The minimum Gasteiger partial charge on any atom is -0.507 e. The highest BCUT2D eigenvalue weighted by Crippen LogP contribution is 2.37. The van der Waals surface area contributed by atoms with Gasteiger partial charge in [-0.3, -0.25) is 9.69 Å². The number of benzene rings is 2. The van der Waals surface area contributed by atoms with Gasteiger partial charge in [0.2, 0.25) is 6.41 Å². The molecule has 60 heavy (non-hydrogen) atoms. The second-order valence-corrected chi connectivity index (χ2v) is 16.4. The van der Waals surface area contributed by atoms with E-state index in [1.54, 1.807) is 47.7 Å². The van der Waals surface area contributed by atoms with E-state index < -0.39 is 6.43 Å². The summed E-state index contributed by atoms with van der Waals surface area (Å²) in [6.45, 7) is 11.8. The summed E-state index contributed by atoms with van der Waals surface area (Å²) in [6.07, 6.45) is 2.53. The number of rotatable bonds is 13. The Morgan fingerprint density at radius 2 is 1.80 bits per heavy atom. The van der Waals surface area contributed by atoms with Gasteiger partial charge in [-0.25, -0.2) is 13.8 Å². The van der Waals surface area contributed by atoms with Crippen LogP contribution in [0.1, 0.15) is 80.5 Å². The number of para-hydroxylation sites is 1. The third kappa shape index (κ3) is 10.1. The van der Waals surface area contributed by atoms with Gasteiger partial charge in [-0.15, -0.1) is 21.5 Å². The van der Waals surface area contributed by atoms with Crippen molar-refractivity contribution in [1.82, 2.24) is 34.7 Å². The lowest BCUT2D eigenvalue weighted by molar-refractivity contribution is -0.110. The fourth-order valence-electron chi connectivity index (χ4n) is 7.89. The molecule has 0 radical (unpaired) electrons. The summed E-state index contributed by atoms with van der Waals surface area (Å²) < 4.78 is 40.2. The Bertz CT molecular complexity index is 2320. The van der Waals surface area contributed by atoms with Crippen LogP contribution < -0.4 is 10.5 Å². The van der Waals surface area contributed by atoms with E-state index in [4.69, 9.17) is 14.1 Å². The SMILES string of the molecule is CC(C)C(C=O)c1cc(OCCN2CC(n3cc(C(F)F)c4nnc(-c5ccccc5O)cc43)C2)no1.Cc1ncsc1-c1ccc(C(C)C2CCCN2C)cc1.NC=O. The summed E-state index contributed by atoms with van der Waals surface area (Å²) in [5.74, 6) is 1.18. The topological polar surface area (TPSA) is 166 Å². The average Bonchev–Trinajstić information content (AvgIpc) is 4.04. The first-order chi connectivity index (χ1) is 28.9. The van der Waals surface area contributed by atoms with Gasteiger partial charge in [-0.1, -0.05) is 57.2 Å². The number of primary amides is 1. The van der Waals surface area contributed by atoms with E-state index in [9.17, 15) is 18.7 Å². The molecule has 2 aliphatic rings. The molecule has 318 valence electrons. The number of fused-ring (bicyclic) bond motifs is 1. The highest BCUT2D eigenvalue weighted by atomic mass is 32.1. The molecule has 0 bridgehead atoms. The number of nitrogens with zero attached hydrogens (tertiary/aromatic N) is 7. The van der Waals surface area contributed by atoms with Crippen molar-refractivity contribution in [2.75, 3.05) is 39.8 Å². The van der Waals surface area contributed by atoms with Gasteiger partial charge >= 0.3 is 0 Å². The van der Waals surface area contributed by atoms with Gasteiger partial charge in [0.05, 0.1) is 44.8 Å². The zero-order valence-corrected chi connectivity index (χ0v) is 35.3. The number of aromatic nitrogens is 5. The number of nitrogens with two attached hydrogens (primary N) is 1. The first-order valence-electron chi connectivity index (χ1n) is 20.0. The lowest BCUT2D eigenvalue weighted by Crippen LogP contribution is -2.48. The summed E-state index contributed by atoms with van der Waals surface area (Å²) in [4.78, 5) is 30.1. The van der Waals surface area contributed by atoms with Gasteiger partial charge in [0.15, 0.2) is 5.76 Å². The number of ether oxygens (including phenoxy) is 1. The third-order valence-electron chi connectivity index (χ3n) is 11.3. The predicted molar refractivity (Wildman–Crippen MR) is 227 cm³/mol. The maximum Gasteiger partial charge on any atom is 0.267 e. The maximum absolute atomic E-state index is 13.7. The highest BCUT2D eigenvalue weighted by Gasteiger charge is 2.32. The molecule has 6 heterocycles. The molecular formula is C44H52F2N8O5S. The molecule has 3 unspecified atom stereocenters. The molecule has 0 saturated carbocycles. The van der Waals surface area contributed by atoms with Crippen LogP contribution in [-0.2, 0) is 9.59 Å². The van der Waals surface area contributed by atoms with Gasteiger partial charge < -0.3 is 34.4 Å². The van der Waals surface area contributed by atoms with Crippen molar-refractivity contribution in [1.29, 1.82) is 0 Å². The lowest BCUT2D eigenvalue weighted by atomic mass is 9.91. The maximum atomic E-state index is 13.7. The number of hydrogen-bond acceptors (Lipinski definition) is 12. The molecule has 8 rings (SSSR count). The minimum atomic E-state index is -2.68. The van der Waals surface area contributed by atoms with Crippen LogP contribution in [0.2, 0.25) is 0 Å². The number of likely N-dealkylation sites (tertiary alicyclic amines) is 2. The van der Waals surface area contributed by atoms with E-state index >= 15 is 0 Å². The second kappa shape index (κ2) is 20.1. The van der Waals surface area contributed by atoms with Gasteiger partial charge in [-0.05, 0) is 79.7 Å². The zero-order chi connectivity index (χ0) is 42.9. The number of halogens is 2. The summed E-state index contributed by atoms with van der Waals surface area (Å²) in [5, 5.41) is 22.2. The van der Waals surface area contributed by atoms with Crippen molar-refractivity contribution >= 4 is 35.1 Å². The number of likely N-dealkylation sites (N-methyl/N-ethyl adjacent to an activating group) is 1. The molecule has 0 aliphatic carbocycles. The van der Waals surface area contributed by atoms with Gasteiger partial charge in [0.25, 0.3) is 12.3 Å². The van der Waals surface area contributed by atoms with Crippen LogP contribution in [0, 0.1) is 12.8 Å². The molecule has 16 heteroatoms. The number of aryl methyl sites for hydroxylation is 1. The van der Waals surface area contributed by atoms with E-state index in [0.717, 1.165) is 12.0 Å². The Morgan fingerprint density at radius 1 is 1.07 bits per heavy atom. The number of alkyl halides is 2. The number of hydrogen-bond donors (Lipinski definition) is 2. The first kappa shape index (κ1) is 44.0. The van der Waals surface area contributed by atoms with E-state index in [0.29, 0.717) is 66.6 Å². The monoisotopic (exact) mass is 842 g/mol. The fraction of sp³-hybridized carbons (Fsp3) is 0.409. The molecule has 3 atom stereocenters. The normalized spacial score (nSPS) is 16.8. The second-order valence-electron chi connectivity index (χ2n) is 15.5. The van der Waals surface area contributed by atoms with Crippen molar-refractivity contribution in [2.45, 2.75) is 70.9 Å². The number of aromatic hydroxyl groups is 1. The van der Waals surface area contributed by atoms with Crippen LogP contribution in [0.5, 0.6) is 11.6 Å². The van der Waals surface area contributed by atoms with Crippen molar-refractivity contribution in [3.63, 3.8) is 0 Å². The molecule has 0 spiro atoms. The van der Waals surface area contributed by atoms with Crippen LogP contribution >= 0.6 is 11.3 Å². The number of thiazole rings is 1. The molecule has 3 N–H and O–H groups in total. The lowest BCUT2D eigenvalue weighted by Gasteiger charge is -2.40. The van der Waals surface area contributed by atoms with Crippen molar-refractivity contribution in [2.24, 2.45) is 11.7 Å². The molecule has 2 aliphatic heterocycles. The Balaban J connectivity index is 0.000000220. The van der Waals surface area contributed by atoms with Gasteiger partial charge in [0.1, 0.15) is 24.2 Å². The van der Waals surface area contributed by atoms with Crippen LogP contribution in [0.3, 0.4) is 0 Å². The molecule has 6 aromatic rings. The Labute approximate surface area is 352 Å². The standard InChI is InChI=1S/C26H27F2N5O4.C17H22N2S.CH3NO/c1-15(2)19(14-34)23-10-24(31-37-23)36-8-7-32-11-16(12-32)33-13-18(26(27)28)25-21(33)9-20(29-30-25)17-5-3-4-6-22(17)35;1-12(16-5-4-10-19(16)3)14-6-8-15(9-7-14)17-13(2)18-11-20-17;2-1-3/h3-6,9-10,13-16,19,26,35H,7-8,11-12H2,1-2H3;6-9,11-12,16H,4-5,10H2,1-3H3;1H,(H2,2,3).